The topological polar surface area (TPSA) is 24.5 Å². The SMILES string of the molecule is CCN1CCCC1CNCc1ccc(OCc2ccc(F)cc2Cl)cc1. The van der Waals surface area contributed by atoms with Crippen molar-refractivity contribution in [3.63, 3.8) is 0 Å². The van der Waals surface area contributed by atoms with Crippen LogP contribution in [-0.2, 0) is 13.2 Å². The number of likely N-dealkylation sites (tertiary alicyclic amines) is 1. The number of hydrogen-bond acceptors (Lipinski definition) is 3. The molecule has 5 heteroatoms. The first-order valence-electron chi connectivity index (χ1n) is 9.26. The molecule has 2 aromatic carbocycles. The molecule has 3 rings (SSSR count). The van der Waals surface area contributed by atoms with Crippen LogP contribution in [0.1, 0.15) is 30.9 Å². The Kier molecular flexibility index (Phi) is 6.89. The van der Waals surface area contributed by atoms with Crippen molar-refractivity contribution in [1.82, 2.24) is 10.2 Å². The molecule has 1 aliphatic rings. The van der Waals surface area contributed by atoms with Gasteiger partial charge < -0.3 is 10.1 Å². The summed E-state index contributed by atoms with van der Waals surface area (Å²) in [5.41, 5.74) is 2.01. The van der Waals surface area contributed by atoms with Gasteiger partial charge in [-0.1, -0.05) is 36.7 Å². The molecule has 0 aromatic heterocycles. The average molecular weight is 377 g/mol. The minimum Gasteiger partial charge on any atom is -0.489 e. The fourth-order valence-corrected chi connectivity index (χ4v) is 3.65. The van der Waals surface area contributed by atoms with Gasteiger partial charge in [-0.15, -0.1) is 0 Å². The molecule has 140 valence electrons. The molecular formula is C21H26ClFN2O. The van der Waals surface area contributed by atoms with E-state index in [0.717, 1.165) is 30.9 Å². The Morgan fingerprint density at radius 1 is 1.23 bits per heavy atom. The molecule has 3 nitrogen and oxygen atoms in total. The van der Waals surface area contributed by atoms with E-state index in [2.05, 4.69) is 29.3 Å². The number of rotatable bonds is 8. The summed E-state index contributed by atoms with van der Waals surface area (Å²) in [6.45, 7) is 6.82. The third kappa shape index (κ3) is 5.19. The van der Waals surface area contributed by atoms with Crippen molar-refractivity contribution >= 4 is 11.6 Å². The predicted octanol–water partition coefficient (Wildman–Crippen LogP) is 4.63. The molecule has 2 aromatic rings. The second kappa shape index (κ2) is 9.36. The van der Waals surface area contributed by atoms with E-state index in [1.807, 2.05) is 12.1 Å². The third-order valence-corrected chi connectivity index (χ3v) is 5.30. The fraction of sp³-hybridized carbons (Fsp3) is 0.429. The van der Waals surface area contributed by atoms with E-state index in [4.69, 9.17) is 16.3 Å². The summed E-state index contributed by atoms with van der Waals surface area (Å²) in [5.74, 6) is 0.442. The molecular weight excluding hydrogens is 351 g/mol. The lowest BCUT2D eigenvalue weighted by molar-refractivity contribution is 0.260. The van der Waals surface area contributed by atoms with Gasteiger partial charge in [0.2, 0.25) is 0 Å². The van der Waals surface area contributed by atoms with Crippen LogP contribution in [0.2, 0.25) is 5.02 Å². The Hall–Kier alpha value is -1.62. The molecule has 0 saturated carbocycles. The van der Waals surface area contributed by atoms with Crippen molar-refractivity contribution in [2.45, 2.75) is 39.0 Å². The standard InChI is InChI=1S/C21H26ClFN2O/c1-2-25-11-3-4-19(25)14-24-13-16-5-9-20(10-6-16)26-15-17-7-8-18(23)12-21(17)22/h5-10,12,19,24H,2-4,11,13-15H2,1H3. The summed E-state index contributed by atoms with van der Waals surface area (Å²) in [6, 6.07) is 13.1. The maximum Gasteiger partial charge on any atom is 0.124 e. The van der Waals surface area contributed by atoms with Crippen molar-refractivity contribution in [1.29, 1.82) is 0 Å². The van der Waals surface area contributed by atoms with Crippen LogP contribution in [0, 0.1) is 5.82 Å². The van der Waals surface area contributed by atoms with Gasteiger partial charge in [-0.25, -0.2) is 4.39 Å². The van der Waals surface area contributed by atoms with Crippen LogP contribution in [0.3, 0.4) is 0 Å². The molecule has 1 fully saturated rings. The van der Waals surface area contributed by atoms with Crippen molar-refractivity contribution in [3.8, 4) is 5.75 Å². The van der Waals surface area contributed by atoms with Gasteiger partial charge in [-0.3, -0.25) is 4.90 Å². The van der Waals surface area contributed by atoms with E-state index in [9.17, 15) is 4.39 Å². The Bertz CT molecular complexity index is 708. The molecule has 1 N–H and O–H groups in total. The highest BCUT2D eigenvalue weighted by Gasteiger charge is 2.21. The lowest BCUT2D eigenvalue weighted by atomic mass is 10.2. The molecule has 1 saturated heterocycles. The Balaban J connectivity index is 1.44. The summed E-state index contributed by atoms with van der Waals surface area (Å²) in [7, 11) is 0. The zero-order valence-electron chi connectivity index (χ0n) is 15.2. The lowest BCUT2D eigenvalue weighted by Gasteiger charge is -2.23. The van der Waals surface area contributed by atoms with Crippen LogP contribution in [-0.4, -0.2) is 30.6 Å². The molecule has 0 bridgehead atoms. The smallest absolute Gasteiger partial charge is 0.124 e. The van der Waals surface area contributed by atoms with E-state index in [1.165, 1.54) is 37.1 Å². The highest BCUT2D eigenvalue weighted by molar-refractivity contribution is 6.31. The van der Waals surface area contributed by atoms with Crippen molar-refractivity contribution in [2.75, 3.05) is 19.6 Å². The largest absolute Gasteiger partial charge is 0.489 e. The van der Waals surface area contributed by atoms with Crippen molar-refractivity contribution < 1.29 is 9.13 Å². The van der Waals surface area contributed by atoms with Gasteiger partial charge in [-0.05, 0) is 55.8 Å². The van der Waals surface area contributed by atoms with Gasteiger partial charge in [0, 0.05) is 24.7 Å². The second-order valence-corrected chi connectivity index (χ2v) is 7.13. The zero-order valence-corrected chi connectivity index (χ0v) is 15.9. The molecule has 0 amide bonds. The van der Waals surface area contributed by atoms with Crippen LogP contribution >= 0.6 is 11.6 Å². The predicted molar refractivity (Wildman–Crippen MR) is 104 cm³/mol. The minimum absolute atomic E-state index is 0.325. The highest BCUT2D eigenvalue weighted by Crippen LogP contribution is 2.20. The maximum atomic E-state index is 13.1. The van der Waals surface area contributed by atoms with Crippen LogP contribution < -0.4 is 10.1 Å². The lowest BCUT2D eigenvalue weighted by Crippen LogP contribution is -2.37. The van der Waals surface area contributed by atoms with Crippen LogP contribution in [0.15, 0.2) is 42.5 Å². The van der Waals surface area contributed by atoms with Gasteiger partial charge in [-0.2, -0.15) is 0 Å². The molecule has 0 radical (unpaired) electrons. The van der Waals surface area contributed by atoms with Crippen LogP contribution in [0.5, 0.6) is 5.75 Å². The zero-order chi connectivity index (χ0) is 18.4. The summed E-state index contributed by atoms with van der Waals surface area (Å²) < 4.78 is 18.8. The molecule has 0 spiro atoms. The molecule has 26 heavy (non-hydrogen) atoms. The van der Waals surface area contributed by atoms with Gasteiger partial charge >= 0.3 is 0 Å². The number of likely N-dealkylation sites (N-methyl/N-ethyl adjacent to an activating group) is 1. The summed E-state index contributed by atoms with van der Waals surface area (Å²) in [6.07, 6.45) is 2.60. The Labute approximate surface area is 160 Å². The summed E-state index contributed by atoms with van der Waals surface area (Å²) in [5, 5.41) is 3.95. The Morgan fingerprint density at radius 3 is 2.77 bits per heavy atom. The highest BCUT2D eigenvalue weighted by atomic mass is 35.5. The first-order valence-corrected chi connectivity index (χ1v) is 9.64. The maximum absolute atomic E-state index is 13.1. The van der Waals surface area contributed by atoms with Crippen molar-refractivity contribution in [3.05, 3.63) is 64.4 Å². The summed E-state index contributed by atoms with van der Waals surface area (Å²) in [4.78, 5) is 2.55. The number of nitrogens with zero attached hydrogens (tertiary/aromatic N) is 1. The van der Waals surface area contributed by atoms with Crippen LogP contribution in [0.4, 0.5) is 4.39 Å². The van der Waals surface area contributed by atoms with Gasteiger partial charge in [0.15, 0.2) is 0 Å². The van der Waals surface area contributed by atoms with E-state index in [1.54, 1.807) is 6.07 Å². The van der Waals surface area contributed by atoms with E-state index in [-0.39, 0.29) is 5.82 Å². The molecule has 1 aliphatic heterocycles. The first kappa shape index (κ1) is 19.2. The quantitative estimate of drug-likeness (QED) is 0.726. The third-order valence-electron chi connectivity index (χ3n) is 4.95. The van der Waals surface area contributed by atoms with Gasteiger partial charge in [0.05, 0.1) is 5.02 Å². The first-order chi connectivity index (χ1) is 12.7. The van der Waals surface area contributed by atoms with Crippen LogP contribution in [0.25, 0.3) is 0 Å². The monoisotopic (exact) mass is 376 g/mol. The fourth-order valence-electron chi connectivity index (χ4n) is 3.43. The van der Waals surface area contributed by atoms with E-state index in [0.29, 0.717) is 17.7 Å². The normalized spacial score (nSPS) is 17.6. The number of halogens is 2. The number of ether oxygens (including phenoxy) is 1. The molecule has 1 unspecified atom stereocenters. The van der Waals surface area contributed by atoms with E-state index >= 15 is 0 Å². The number of hydrogen-bond donors (Lipinski definition) is 1. The minimum atomic E-state index is -0.338. The second-order valence-electron chi connectivity index (χ2n) is 6.72. The summed E-state index contributed by atoms with van der Waals surface area (Å²) >= 11 is 6.02. The number of nitrogens with one attached hydrogen (secondary N) is 1. The van der Waals surface area contributed by atoms with Gasteiger partial charge in [0.1, 0.15) is 18.2 Å². The van der Waals surface area contributed by atoms with Crippen molar-refractivity contribution in [2.24, 2.45) is 0 Å². The molecule has 0 aliphatic carbocycles. The molecule has 1 atom stereocenters. The average Bonchev–Trinajstić information content (AvgIpc) is 3.10. The number of benzene rings is 2. The van der Waals surface area contributed by atoms with E-state index < -0.39 is 0 Å². The Morgan fingerprint density at radius 2 is 2.04 bits per heavy atom. The van der Waals surface area contributed by atoms with Gasteiger partial charge in [0.25, 0.3) is 0 Å². The molecule has 1 heterocycles.